The largest absolute Gasteiger partial charge is 0.389 e. The van der Waals surface area contributed by atoms with E-state index in [9.17, 15) is 19.6 Å². The highest BCUT2D eigenvalue weighted by molar-refractivity contribution is 6.21. The predicted octanol–water partition coefficient (Wildman–Crippen LogP) is 0.938. The van der Waals surface area contributed by atoms with Crippen molar-refractivity contribution in [1.29, 1.82) is 0 Å². The van der Waals surface area contributed by atoms with Gasteiger partial charge in [0.15, 0.2) is 0 Å². The van der Waals surface area contributed by atoms with Gasteiger partial charge < -0.3 is 9.67 Å². The molecular weight excluding hydrogens is 288 g/mol. The molecule has 1 aromatic carbocycles. The third kappa shape index (κ3) is 2.29. The Morgan fingerprint density at radius 2 is 1.77 bits per heavy atom. The third-order valence-corrected chi connectivity index (χ3v) is 3.45. The van der Waals surface area contributed by atoms with Crippen molar-refractivity contribution in [3.63, 3.8) is 0 Å². The quantitative estimate of drug-likeness (QED) is 0.653. The highest BCUT2D eigenvalue weighted by Crippen LogP contribution is 2.22. The van der Waals surface area contributed by atoms with Crippen molar-refractivity contribution in [3.05, 3.63) is 52.7 Å². The van der Waals surface area contributed by atoms with Crippen LogP contribution >= 0.6 is 0 Å². The maximum Gasteiger partial charge on any atom is 0.271 e. The summed E-state index contributed by atoms with van der Waals surface area (Å²) in [6, 6.07) is 6.51. The number of amides is 2. The van der Waals surface area contributed by atoms with Crippen LogP contribution in [0.25, 0.3) is 0 Å². The highest BCUT2D eigenvalue weighted by Gasteiger charge is 2.36. The van der Waals surface area contributed by atoms with Crippen molar-refractivity contribution in [2.45, 2.75) is 12.6 Å². The van der Waals surface area contributed by atoms with Crippen LogP contribution in [-0.4, -0.2) is 44.0 Å². The first-order valence-corrected chi connectivity index (χ1v) is 6.59. The molecule has 1 atom stereocenters. The molecule has 1 aliphatic rings. The summed E-state index contributed by atoms with van der Waals surface area (Å²) in [4.78, 5) is 39.6. The molecule has 0 radical (unpaired) electrons. The first kappa shape index (κ1) is 14.1. The number of β-amino-alcohol motifs (C(OH)–C–C–N with tert-alkyl or cyclic N) is 1. The number of hydrogen-bond acceptors (Lipinski definition) is 6. The standard InChI is InChI=1S/C14H12N4O4/c19-9(7-17-6-5-15-14(17)16-22)8-18-12(20)10-3-1-2-4-11(10)13(18)21/h1-6,9,19H,7-8H2/t9-/m1/s1. The number of carbonyl (C=O) groups is 2. The van der Waals surface area contributed by atoms with Gasteiger partial charge in [-0.1, -0.05) is 12.1 Å². The first-order valence-electron chi connectivity index (χ1n) is 6.59. The Morgan fingerprint density at radius 3 is 2.36 bits per heavy atom. The molecule has 3 rings (SSSR count). The number of carbonyl (C=O) groups excluding carboxylic acids is 2. The molecule has 1 N–H and O–H groups in total. The second kappa shape index (κ2) is 5.49. The Balaban J connectivity index is 1.73. The number of hydrogen-bond donors (Lipinski definition) is 1. The van der Waals surface area contributed by atoms with Gasteiger partial charge in [0.05, 0.1) is 30.3 Å². The lowest BCUT2D eigenvalue weighted by molar-refractivity contribution is 0.0522. The minimum Gasteiger partial charge on any atom is -0.389 e. The Morgan fingerprint density at radius 1 is 1.14 bits per heavy atom. The van der Waals surface area contributed by atoms with E-state index in [2.05, 4.69) is 10.2 Å². The molecule has 112 valence electrons. The first-order chi connectivity index (χ1) is 10.6. The van der Waals surface area contributed by atoms with Crippen molar-refractivity contribution in [1.82, 2.24) is 14.5 Å². The van der Waals surface area contributed by atoms with Crippen molar-refractivity contribution >= 4 is 17.8 Å². The van der Waals surface area contributed by atoms with E-state index in [0.717, 1.165) is 4.90 Å². The van der Waals surface area contributed by atoms with E-state index in [1.807, 2.05) is 0 Å². The van der Waals surface area contributed by atoms with Gasteiger partial charge in [-0.15, -0.1) is 4.91 Å². The molecule has 8 heteroatoms. The average molecular weight is 300 g/mol. The summed E-state index contributed by atoms with van der Waals surface area (Å²) < 4.78 is 1.36. The number of nitrogens with zero attached hydrogens (tertiary/aromatic N) is 4. The van der Waals surface area contributed by atoms with Gasteiger partial charge in [-0.25, -0.2) is 4.98 Å². The molecule has 2 aromatic rings. The van der Waals surface area contributed by atoms with Crippen LogP contribution in [0, 0.1) is 4.91 Å². The van der Waals surface area contributed by atoms with Crippen molar-refractivity contribution in [2.24, 2.45) is 5.18 Å². The number of imidazole rings is 1. The molecule has 8 nitrogen and oxygen atoms in total. The molecular formula is C14H12N4O4. The number of benzene rings is 1. The van der Waals surface area contributed by atoms with Crippen LogP contribution in [0.1, 0.15) is 20.7 Å². The predicted molar refractivity (Wildman–Crippen MR) is 75.5 cm³/mol. The molecule has 0 spiro atoms. The van der Waals surface area contributed by atoms with Crippen molar-refractivity contribution < 1.29 is 14.7 Å². The minimum absolute atomic E-state index is 0.00841. The molecule has 0 saturated carbocycles. The summed E-state index contributed by atoms with van der Waals surface area (Å²) in [5.74, 6) is -0.931. The van der Waals surface area contributed by atoms with Crippen LogP contribution in [0.5, 0.6) is 0 Å². The minimum atomic E-state index is -1.03. The SMILES string of the molecule is O=Nc1nccn1C[C@@H](O)CN1C(=O)c2ccccc2C1=O. The van der Waals surface area contributed by atoms with Gasteiger partial charge in [-0.05, 0) is 12.1 Å². The van der Waals surface area contributed by atoms with Gasteiger partial charge in [0, 0.05) is 17.6 Å². The zero-order valence-corrected chi connectivity index (χ0v) is 11.4. The lowest BCUT2D eigenvalue weighted by atomic mass is 10.1. The molecule has 1 aromatic heterocycles. The molecule has 0 bridgehead atoms. The summed E-state index contributed by atoms with van der Waals surface area (Å²) in [5, 5.41) is 12.8. The second-order valence-electron chi connectivity index (χ2n) is 4.89. The highest BCUT2D eigenvalue weighted by atomic mass is 16.3. The van der Waals surface area contributed by atoms with Crippen LogP contribution in [0.4, 0.5) is 5.95 Å². The number of aliphatic hydroxyl groups is 1. The average Bonchev–Trinajstić information content (AvgIpc) is 3.06. The lowest BCUT2D eigenvalue weighted by Gasteiger charge is -2.18. The second-order valence-corrected chi connectivity index (χ2v) is 4.89. The maximum atomic E-state index is 12.2. The topological polar surface area (TPSA) is 105 Å². The summed E-state index contributed by atoms with van der Waals surface area (Å²) in [6.45, 7) is -0.155. The fraction of sp³-hybridized carbons (Fsp3) is 0.214. The molecule has 0 saturated heterocycles. The lowest BCUT2D eigenvalue weighted by Crippen LogP contribution is -2.38. The van der Waals surface area contributed by atoms with E-state index in [1.54, 1.807) is 24.3 Å². The van der Waals surface area contributed by atoms with E-state index in [4.69, 9.17) is 0 Å². The molecule has 0 aliphatic carbocycles. The van der Waals surface area contributed by atoms with Gasteiger partial charge >= 0.3 is 0 Å². The maximum absolute atomic E-state index is 12.2. The summed E-state index contributed by atoms with van der Waals surface area (Å²) in [5.41, 5.74) is 0.662. The number of aromatic nitrogens is 2. The van der Waals surface area contributed by atoms with E-state index in [-0.39, 0.29) is 19.0 Å². The fourth-order valence-electron chi connectivity index (χ4n) is 2.44. The van der Waals surface area contributed by atoms with Crippen molar-refractivity contribution in [2.75, 3.05) is 6.54 Å². The Hall–Kier alpha value is -2.87. The van der Waals surface area contributed by atoms with Gasteiger partial charge in [-0.2, -0.15) is 0 Å². The number of nitroso groups, excluding NO2 is 1. The summed E-state index contributed by atoms with van der Waals surface area (Å²) >= 11 is 0. The zero-order chi connectivity index (χ0) is 15.7. The molecule has 1 aliphatic heterocycles. The van der Waals surface area contributed by atoms with Crippen LogP contribution in [0.15, 0.2) is 41.8 Å². The molecule has 0 fully saturated rings. The van der Waals surface area contributed by atoms with Crippen LogP contribution in [0.2, 0.25) is 0 Å². The smallest absolute Gasteiger partial charge is 0.271 e. The van der Waals surface area contributed by atoms with Gasteiger partial charge in [0.1, 0.15) is 0 Å². The van der Waals surface area contributed by atoms with E-state index < -0.39 is 17.9 Å². The van der Waals surface area contributed by atoms with E-state index >= 15 is 0 Å². The number of rotatable bonds is 5. The Bertz CT molecular complexity index is 720. The fourth-order valence-corrected chi connectivity index (χ4v) is 2.44. The molecule has 2 amide bonds. The van der Waals surface area contributed by atoms with Crippen LogP contribution in [0.3, 0.4) is 0 Å². The van der Waals surface area contributed by atoms with E-state index in [1.165, 1.54) is 17.0 Å². The number of aliphatic hydroxyl groups excluding tert-OH is 1. The van der Waals surface area contributed by atoms with Crippen LogP contribution in [-0.2, 0) is 6.54 Å². The Kier molecular flexibility index (Phi) is 3.51. The normalized spacial score (nSPS) is 15.0. The number of imide groups is 1. The third-order valence-electron chi connectivity index (χ3n) is 3.45. The van der Waals surface area contributed by atoms with Crippen molar-refractivity contribution in [3.8, 4) is 0 Å². The summed E-state index contributed by atoms with van der Waals surface area (Å²) in [7, 11) is 0. The summed E-state index contributed by atoms with van der Waals surface area (Å²) in [6.07, 6.45) is 1.84. The molecule has 0 unspecified atom stereocenters. The zero-order valence-electron chi connectivity index (χ0n) is 11.4. The molecule has 2 heterocycles. The van der Waals surface area contributed by atoms with Gasteiger partial charge in [0.2, 0.25) is 0 Å². The monoisotopic (exact) mass is 300 g/mol. The van der Waals surface area contributed by atoms with E-state index in [0.29, 0.717) is 11.1 Å². The van der Waals surface area contributed by atoms with Gasteiger partial charge in [-0.3, -0.25) is 14.5 Å². The van der Waals surface area contributed by atoms with Gasteiger partial charge in [0.25, 0.3) is 17.8 Å². The molecule has 22 heavy (non-hydrogen) atoms. The Labute approximate surface area is 125 Å². The van der Waals surface area contributed by atoms with Crippen LogP contribution < -0.4 is 0 Å². The number of fused-ring (bicyclic) bond motifs is 1.